The van der Waals surface area contributed by atoms with Gasteiger partial charge in [0.1, 0.15) is 17.6 Å². The van der Waals surface area contributed by atoms with Crippen LogP contribution in [-0.4, -0.2) is 25.3 Å². The molecule has 0 aromatic carbocycles. The number of imidazole rings is 1. The number of hydrogen-bond donors (Lipinski definition) is 0. The van der Waals surface area contributed by atoms with E-state index >= 15 is 0 Å². The van der Waals surface area contributed by atoms with Gasteiger partial charge in [-0.15, -0.1) is 0 Å². The smallest absolute Gasteiger partial charge is 0.165 e. The Morgan fingerprint density at radius 1 is 1.38 bits per heavy atom. The number of ketones is 1. The van der Waals surface area contributed by atoms with Crippen LogP contribution >= 0.6 is 11.6 Å². The van der Waals surface area contributed by atoms with Gasteiger partial charge >= 0.3 is 0 Å². The second-order valence-electron chi connectivity index (χ2n) is 3.92. The third kappa shape index (κ3) is 1.39. The number of carbonyl (C=O) groups is 1. The van der Waals surface area contributed by atoms with Crippen LogP contribution < -0.4 is 0 Å². The Kier molecular flexibility index (Phi) is 2.14. The first-order valence-electron chi connectivity index (χ1n) is 5.10. The number of nitrogens with zero attached hydrogens (tertiary/aromatic N) is 4. The summed E-state index contributed by atoms with van der Waals surface area (Å²) < 4.78 is 1.92. The number of hydrogen-bond acceptors (Lipinski definition) is 4. The highest BCUT2D eigenvalue weighted by Gasteiger charge is 2.25. The minimum absolute atomic E-state index is 0.170. The number of fused-ring (bicyclic) bond motifs is 1. The zero-order chi connectivity index (χ0) is 11.1. The number of halogens is 1. The van der Waals surface area contributed by atoms with Crippen LogP contribution in [0.4, 0.5) is 0 Å². The van der Waals surface area contributed by atoms with Crippen molar-refractivity contribution in [2.75, 3.05) is 0 Å². The van der Waals surface area contributed by atoms with Gasteiger partial charge in [0.15, 0.2) is 10.8 Å². The van der Waals surface area contributed by atoms with Crippen LogP contribution in [0.5, 0.6) is 0 Å². The Hall–Kier alpha value is -1.49. The Labute approximate surface area is 96.5 Å². The lowest BCUT2D eigenvalue weighted by Gasteiger charge is -2.09. The molecule has 0 radical (unpaired) electrons. The van der Waals surface area contributed by atoms with E-state index in [-0.39, 0.29) is 6.04 Å². The zero-order valence-corrected chi connectivity index (χ0v) is 9.18. The molecule has 0 amide bonds. The second kappa shape index (κ2) is 3.52. The fourth-order valence-electron chi connectivity index (χ4n) is 2.12. The molecule has 0 spiro atoms. The van der Waals surface area contributed by atoms with Crippen molar-refractivity contribution in [1.29, 1.82) is 0 Å². The summed E-state index contributed by atoms with van der Waals surface area (Å²) in [6.45, 7) is 0. The molecule has 1 aliphatic carbocycles. The van der Waals surface area contributed by atoms with Crippen LogP contribution in [0.25, 0.3) is 11.2 Å². The number of aromatic nitrogens is 4. The fourth-order valence-corrected chi connectivity index (χ4v) is 2.30. The maximum Gasteiger partial charge on any atom is 0.165 e. The molecule has 1 aliphatic rings. The highest BCUT2D eigenvalue weighted by atomic mass is 35.5. The van der Waals surface area contributed by atoms with Gasteiger partial charge in [-0.05, 0) is 6.42 Å². The molecule has 6 heteroatoms. The van der Waals surface area contributed by atoms with E-state index < -0.39 is 0 Å². The van der Waals surface area contributed by atoms with Gasteiger partial charge < -0.3 is 4.57 Å². The van der Waals surface area contributed by atoms with E-state index in [4.69, 9.17) is 11.6 Å². The molecule has 82 valence electrons. The monoisotopic (exact) mass is 236 g/mol. The molecule has 3 rings (SSSR count). The molecular formula is C10H9ClN4O. The lowest BCUT2D eigenvalue weighted by atomic mass is 10.2. The molecule has 2 aromatic rings. The first-order valence-corrected chi connectivity index (χ1v) is 5.48. The van der Waals surface area contributed by atoms with Crippen LogP contribution in [0.15, 0.2) is 12.7 Å². The minimum Gasteiger partial charge on any atom is -0.312 e. The van der Waals surface area contributed by atoms with Gasteiger partial charge in [0.25, 0.3) is 0 Å². The summed E-state index contributed by atoms with van der Waals surface area (Å²) in [7, 11) is 0. The third-order valence-corrected chi connectivity index (χ3v) is 3.20. The van der Waals surface area contributed by atoms with Crippen molar-refractivity contribution in [3.63, 3.8) is 0 Å². The van der Waals surface area contributed by atoms with Crippen LogP contribution in [0, 0.1) is 0 Å². The molecule has 2 aromatic heterocycles. The highest BCUT2D eigenvalue weighted by Crippen LogP contribution is 2.30. The molecule has 0 aliphatic heterocycles. The van der Waals surface area contributed by atoms with Gasteiger partial charge in [-0.3, -0.25) is 4.79 Å². The molecule has 0 saturated heterocycles. The predicted octanol–water partition coefficient (Wildman–Crippen LogP) is 1.77. The Morgan fingerprint density at radius 3 is 3.00 bits per heavy atom. The summed E-state index contributed by atoms with van der Waals surface area (Å²) in [5.41, 5.74) is 1.31. The van der Waals surface area contributed by atoms with Crippen molar-refractivity contribution >= 4 is 28.5 Å². The van der Waals surface area contributed by atoms with Crippen molar-refractivity contribution in [1.82, 2.24) is 19.5 Å². The summed E-state index contributed by atoms with van der Waals surface area (Å²) in [5.74, 6) is 0.298. The van der Waals surface area contributed by atoms with Gasteiger partial charge in [-0.1, -0.05) is 11.6 Å². The maximum atomic E-state index is 11.3. The molecule has 0 bridgehead atoms. The van der Waals surface area contributed by atoms with E-state index in [1.54, 1.807) is 6.33 Å². The Morgan fingerprint density at radius 2 is 2.25 bits per heavy atom. The maximum absolute atomic E-state index is 11.3. The van der Waals surface area contributed by atoms with Gasteiger partial charge in [-0.2, -0.15) is 0 Å². The molecule has 1 fully saturated rings. The summed E-state index contributed by atoms with van der Waals surface area (Å²) in [6, 6.07) is 0.170. The summed E-state index contributed by atoms with van der Waals surface area (Å²) >= 11 is 5.91. The second-order valence-corrected chi connectivity index (χ2v) is 4.28. The van der Waals surface area contributed by atoms with E-state index in [9.17, 15) is 4.79 Å². The Bertz CT molecular complexity index is 565. The largest absolute Gasteiger partial charge is 0.312 e. The van der Waals surface area contributed by atoms with Crippen molar-refractivity contribution in [3.8, 4) is 0 Å². The standard InChI is InChI=1S/C10H9ClN4O/c11-9-8-10(13-4-12-9)15(5-14-8)6-1-2-7(16)3-6/h4-6H,1-3H2. The van der Waals surface area contributed by atoms with Crippen molar-refractivity contribution < 1.29 is 4.79 Å². The van der Waals surface area contributed by atoms with Gasteiger partial charge in [-0.25, -0.2) is 15.0 Å². The van der Waals surface area contributed by atoms with Crippen LogP contribution in [0.3, 0.4) is 0 Å². The zero-order valence-electron chi connectivity index (χ0n) is 8.43. The molecule has 5 nitrogen and oxygen atoms in total. The Balaban J connectivity index is 2.11. The molecule has 1 saturated carbocycles. The SMILES string of the molecule is O=C1CCC(n2cnc3c(Cl)ncnc32)C1. The predicted molar refractivity (Wildman–Crippen MR) is 58.2 cm³/mol. The number of rotatable bonds is 1. The third-order valence-electron chi connectivity index (χ3n) is 2.93. The average molecular weight is 237 g/mol. The highest BCUT2D eigenvalue weighted by molar-refractivity contribution is 6.33. The molecule has 1 atom stereocenters. The number of Topliss-reactive ketones (excluding diaryl/α,β-unsaturated/α-hetero) is 1. The first-order chi connectivity index (χ1) is 7.75. The number of carbonyl (C=O) groups excluding carboxylic acids is 1. The summed E-state index contributed by atoms with van der Waals surface area (Å²) in [5, 5.41) is 0.355. The summed E-state index contributed by atoms with van der Waals surface area (Å²) in [4.78, 5) is 23.5. The van der Waals surface area contributed by atoms with Crippen molar-refractivity contribution in [2.24, 2.45) is 0 Å². The lowest BCUT2D eigenvalue weighted by Crippen LogP contribution is -2.05. The van der Waals surface area contributed by atoms with Crippen molar-refractivity contribution in [3.05, 3.63) is 17.8 Å². The molecule has 1 unspecified atom stereocenters. The molecule has 2 heterocycles. The van der Waals surface area contributed by atoms with E-state index in [1.807, 2.05) is 4.57 Å². The fraction of sp³-hybridized carbons (Fsp3) is 0.400. The van der Waals surface area contributed by atoms with E-state index in [2.05, 4.69) is 15.0 Å². The molecule has 16 heavy (non-hydrogen) atoms. The van der Waals surface area contributed by atoms with Crippen LogP contribution in [0.1, 0.15) is 25.3 Å². The summed E-state index contributed by atoms with van der Waals surface area (Å²) in [6.07, 6.45) is 5.16. The van der Waals surface area contributed by atoms with Crippen molar-refractivity contribution in [2.45, 2.75) is 25.3 Å². The molecule has 0 N–H and O–H groups in total. The van der Waals surface area contributed by atoms with Gasteiger partial charge in [0.2, 0.25) is 0 Å². The normalized spacial score (nSPS) is 20.8. The first kappa shape index (κ1) is 9.72. The van der Waals surface area contributed by atoms with E-state index in [0.717, 1.165) is 6.42 Å². The van der Waals surface area contributed by atoms with Crippen LogP contribution in [-0.2, 0) is 4.79 Å². The minimum atomic E-state index is 0.170. The lowest BCUT2D eigenvalue weighted by molar-refractivity contribution is -0.117. The van der Waals surface area contributed by atoms with Gasteiger partial charge in [0.05, 0.1) is 6.33 Å². The van der Waals surface area contributed by atoms with E-state index in [1.165, 1.54) is 6.33 Å². The topological polar surface area (TPSA) is 60.7 Å². The average Bonchev–Trinajstić information content (AvgIpc) is 2.84. The van der Waals surface area contributed by atoms with Crippen LogP contribution in [0.2, 0.25) is 5.15 Å². The quantitative estimate of drug-likeness (QED) is 0.708. The van der Waals surface area contributed by atoms with Gasteiger partial charge in [0, 0.05) is 18.9 Å². The molecular weight excluding hydrogens is 228 g/mol. The van der Waals surface area contributed by atoms with E-state index in [0.29, 0.717) is 34.9 Å².